The van der Waals surface area contributed by atoms with Crippen LogP contribution in [0.1, 0.15) is 40.0 Å². The van der Waals surface area contributed by atoms with E-state index in [0.717, 1.165) is 6.42 Å². The topological polar surface area (TPSA) is 26.3 Å². The molecule has 0 aromatic carbocycles. The average molecular weight is 226 g/mol. The Morgan fingerprint density at radius 1 is 1.50 bits per heavy atom. The maximum Gasteiger partial charge on any atom is 0.333 e. The Morgan fingerprint density at radius 2 is 2.12 bits per heavy atom. The average Bonchev–Trinajstić information content (AvgIpc) is 2.51. The molecule has 0 spiro atoms. The molecule has 0 aliphatic heterocycles. The molecule has 0 N–H and O–H groups in total. The first-order valence-electron chi connectivity index (χ1n) is 5.84. The van der Waals surface area contributed by atoms with Gasteiger partial charge in [0.15, 0.2) is 0 Å². The van der Waals surface area contributed by atoms with E-state index >= 15 is 0 Å². The molecule has 0 aromatic heterocycles. The van der Waals surface area contributed by atoms with Crippen LogP contribution in [0.2, 0.25) is 0 Å². The van der Waals surface area contributed by atoms with Crippen LogP contribution in [0.5, 0.6) is 0 Å². The summed E-state index contributed by atoms with van der Waals surface area (Å²) in [6.45, 7) is 9.17. The lowest BCUT2D eigenvalue weighted by Crippen LogP contribution is -2.48. The molecule has 3 atom stereocenters. The van der Waals surface area contributed by atoms with Gasteiger partial charge in [-0.3, -0.25) is 0 Å². The molecule has 90 valence electrons. The van der Waals surface area contributed by atoms with Gasteiger partial charge < -0.3 is 4.74 Å². The standard InChI is InChI=1S/C13H19FO2/c1-8(2)11(15)16-13-6-5-9(7-10(13)14)12(13,3)4/h9-10H,1,5-7H2,2-4H3. The van der Waals surface area contributed by atoms with E-state index in [1.165, 1.54) is 0 Å². The van der Waals surface area contributed by atoms with Gasteiger partial charge in [-0.1, -0.05) is 20.4 Å². The molecule has 2 saturated carbocycles. The molecular formula is C13H19FO2. The monoisotopic (exact) mass is 226 g/mol. The van der Waals surface area contributed by atoms with Crippen molar-refractivity contribution in [2.45, 2.75) is 51.8 Å². The number of ether oxygens (including phenoxy) is 1. The zero-order valence-corrected chi connectivity index (χ0v) is 10.2. The van der Waals surface area contributed by atoms with Crippen molar-refractivity contribution in [3.63, 3.8) is 0 Å². The van der Waals surface area contributed by atoms with Gasteiger partial charge in [0.2, 0.25) is 0 Å². The highest BCUT2D eigenvalue weighted by Gasteiger charge is 2.67. The third-order valence-electron chi connectivity index (χ3n) is 4.60. The molecule has 0 amide bonds. The summed E-state index contributed by atoms with van der Waals surface area (Å²) in [5.41, 5.74) is -0.821. The van der Waals surface area contributed by atoms with E-state index in [-0.39, 0.29) is 5.41 Å². The number of hydrogen-bond acceptors (Lipinski definition) is 2. The number of carbonyl (C=O) groups excluding carboxylic acids is 1. The minimum atomic E-state index is -1.02. The second-order valence-corrected chi connectivity index (χ2v) is 5.72. The number of hydrogen-bond donors (Lipinski definition) is 0. The second kappa shape index (κ2) is 3.31. The van der Waals surface area contributed by atoms with Crippen LogP contribution < -0.4 is 0 Å². The summed E-state index contributed by atoms with van der Waals surface area (Å²) in [5.74, 6) is -0.126. The number of halogens is 1. The largest absolute Gasteiger partial charge is 0.452 e. The molecule has 2 nitrogen and oxygen atoms in total. The van der Waals surface area contributed by atoms with Gasteiger partial charge in [-0.05, 0) is 32.1 Å². The van der Waals surface area contributed by atoms with Crippen LogP contribution in [0.25, 0.3) is 0 Å². The lowest BCUT2D eigenvalue weighted by molar-refractivity contribution is -0.172. The second-order valence-electron chi connectivity index (χ2n) is 5.72. The SMILES string of the molecule is C=C(C)C(=O)OC12CCC(CC1F)C2(C)C. The van der Waals surface area contributed by atoms with E-state index in [0.29, 0.717) is 24.3 Å². The van der Waals surface area contributed by atoms with Crippen molar-refractivity contribution in [3.05, 3.63) is 12.2 Å². The van der Waals surface area contributed by atoms with E-state index in [4.69, 9.17) is 4.74 Å². The fourth-order valence-electron chi connectivity index (χ4n) is 3.33. The maximum absolute atomic E-state index is 14.1. The summed E-state index contributed by atoms with van der Waals surface area (Å²) in [6.07, 6.45) is 1.10. The van der Waals surface area contributed by atoms with E-state index < -0.39 is 17.7 Å². The summed E-state index contributed by atoms with van der Waals surface area (Å²) in [4.78, 5) is 11.6. The van der Waals surface area contributed by atoms with Gasteiger partial charge in [-0.25, -0.2) is 9.18 Å². The molecule has 0 heterocycles. The quantitative estimate of drug-likeness (QED) is 0.534. The van der Waals surface area contributed by atoms with Crippen molar-refractivity contribution in [1.82, 2.24) is 0 Å². The molecule has 0 aromatic rings. The van der Waals surface area contributed by atoms with Crippen molar-refractivity contribution in [2.75, 3.05) is 0 Å². The van der Waals surface area contributed by atoms with E-state index in [1.54, 1.807) is 6.92 Å². The van der Waals surface area contributed by atoms with Crippen molar-refractivity contribution < 1.29 is 13.9 Å². The zero-order valence-electron chi connectivity index (χ0n) is 10.2. The minimum absolute atomic E-state index is 0.252. The number of rotatable bonds is 2. The first kappa shape index (κ1) is 11.6. The van der Waals surface area contributed by atoms with Gasteiger partial charge in [0.25, 0.3) is 0 Å². The first-order chi connectivity index (χ1) is 7.31. The molecule has 0 saturated heterocycles. The van der Waals surface area contributed by atoms with E-state index in [9.17, 15) is 9.18 Å². The van der Waals surface area contributed by atoms with Crippen molar-refractivity contribution in [1.29, 1.82) is 0 Å². The molecule has 3 unspecified atom stereocenters. The molecule has 2 fully saturated rings. The number of alkyl halides is 1. The molecule has 2 rings (SSSR count). The van der Waals surface area contributed by atoms with Crippen LogP contribution in [-0.4, -0.2) is 17.7 Å². The summed E-state index contributed by atoms with van der Waals surface area (Å²) >= 11 is 0. The summed E-state index contributed by atoms with van der Waals surface area (Å²) in [5, 5.41) is 0. The Morgan fingerprint density at radius 3 is 2.50 bits per heavy atom. The molecule has 3 heteroatoms. The predicted octanol–water partition coefficient (Wildman–Crippen LogP) is 3.02. The third kappa shape index (κ3) is 1.26. The van der Waals surface area contributed by atoms with Crippen molar-refractivity contribution in [2.24, 2.45) is 11.3 Å². The third-order valence-corrected chi connectivity index (χ3v) is 4.60. The van der Waals surface area contributed by atoms with Gasteiger partial charge in [0, 0.05) is 11.0 Å². The molecular weight excluding hydrogens is 207 g/mol. The number of fused-ring (bicyclic) bond motifs is 2. The van der Waals surface area contributed by atoms with Crippen molar-refractivity contribution >= 4 is 5.97 Å². The Kier molecular flexibility index (Phi) is 2.41. The molecule has 0 radical (unpaired) electrons. The van der Waals surface area contributed by atoms with Crippen LogP contribution in [0.3, 0.4) is 0 Å². The fourth-order valence-corrected chi connectivity index (χ4v) is 3.33. The number of esters is 1. The van der Waals surface area contributed by atoms with Crippen LogP contribution >= 0.6 is 0 Å². The Labute approximate surface area is 95.9 Å². The Hall–Kier alpha value is -0.860. The van der Waals surface area contributed by atoms with Gasteiger partial charge in [0.05, 0.1) is 0 Å². The first-order valence-corrected chi connectivity index (χ1v) is 5.84. The maximum atomic E-state index is 14.1. The van der Waals surface area contributed by atoms with Gasteiger partial charge in [0.1, 0.15) is 11.8 Å². The van der Waals surface area contributed by atoms with E-state index in [1.807, 2.05) is 13.8 Å². The lowest BCUT2D eigenvalue weighted by Gasteiger charge is -2.38. The minimum Gasteiger partial charge on any atom is -0.452 e. The van der Waals surface area contributed by atoms with E-state index in [2.05, 4.69) is 6.58 Å². The lowest BCUT2D eigenvalue weighted by atomic mass is 9.78. The van der Waals surface area contributed by atoms with Gasteiger partial charge in [-0.15, -0.1) is 0 Å². The normalized spacial score (nSPS) is 39.8. The summed E-state index contributed by atoms with van der Waals surface area (Å²) in [7, 11) is 0. The highest BCUT2D eigenvalue weighted by molar-refractivity contribution is 5.87. The van der Waals surface area contributed by atoms with Gasteiger partial charge in [-0.2, -0.15) is 0 Å². The molecule has 16 heavy (non-hydrogen) atoms. The molecule has 2 aliphatic carbocycles. The summed E-state index contributed by atoms with van der Waals surface area (Å²) in [6, 6.07) is 0. The summed E-state index contributed by atoms with van der Waals surface area (Å²) < 4.78 is 19.6. The molecule has 2 bridgehead atoms. The molecule has 2 aliphatic rings. The van der Waals surface area contributed by atoms with Crippen molar-refractivity contribution in [3.8, 4) is 0 Å². The highest BCUT2D eigenvalue weighted by Crippen LogP contribution is 2.63. The van der Waals surface area contributed by atoms with Gasteiger partial charge >= 0.3 is 5.97 Å². The van der Waals surface area contributed by atoms with Crippen LogP contribution in [-0.2, 0) is 9.53 Å². The zero-order chi connectivity index (χ0) is 12.1. The highest BCUT2D eigenvalue weighted by atomic mass is 19.1. The van der Waals surface area contributed by atoms with Crippen LogP contribution in [0, 0.1) is 11.3 Å². The predicted molar refractivity (Wildman–Crippen MR) is 59.7 cm³/mol. The smallest absolute Gasteiger partial charge is 0.333 e. The van der Waals surface area contributed by atoms with Crippen LogP contribution in [0.4, 0.5) is 4.39 Å². The fraction of sp³-hybridized carbons (Fsp3) is 0.769. The number of carbonyl (C=O) groups is 1. The Balaban J connectivity index is 2.29. The Bertz CT molecular complexity index is 348. The van der Waals surface area contributed by atoms with Crippen LogP contribution in [0.15, 0.2) is 12.2 Å².